The van der Waals surface area contributed by atoms with Gasteiger partial charge in [0.25, 0.3) is 0 Å². The fraction of sp³-hybridized carbons (Fsp3) is 0.562. The van der Waals surface area contributed by atoms with Gasteiger partial charge in [0.2, 0.25) is 5.91 Å². The van der Waals surface area contributed by atoms with Crippen LogP contribution in [0.15, 0.2) is 12.1 Å². The van der Waals surface area contributed by atoms with Gasteiger partial charge in [0, 0.05) is 23.8 Å². The van der Waals surface area contributed by atoms with Crippen LogP contribution in [0.5, 0.6) is 0 Å². The highest BCUT2D eigenvalue weighted by atomic mass is 35.5. The van der Waals surface area contributed by atoms with Gasteiger partial charge in [0.1, 0.15) is 6.04 Å². The van der Waals surface area contributed by atoms with E-state index in [9.17, 15) is 4.79 Å². The molecule has 1 aliphatic carbocycles. The Bertz CT molecular complexity index is 557. The molecule has 1 saturated carbocycles. The lowest BCUT2D eigenvalue weighted by Crippen LogP contribution is -2.27. The molecule has 114 valence electrons. The SMILES string of the molecule is CCCN(c1cc2c(cc1Cl)C(NCC)C(=O)N2)C1CC1. The van der Waals surface area contributed by atoms with E-state index in [4.69, 9.17) is 11.6 Å². The standard InChI is InChI=1S/C16H22ClN3O/c1-3-7-20(10-5-6-10)14-9-13-11(8-12(14)17)15(18-4-2)16(21)19-13/h8-10,15,18H,3-7H2,1-2H3,(H,19,21). The number of likely N-dealkylation sites (N-methyl/N-ethyl adjacent to an activating group) is 1. The molecule has 1 fully saturated rings. The second-order valence-electron chi connectivity index (χ2n) is 5.80. The summed E-state index contributed by atoms with van der Waals surface area (Å²) in [6.07, 6.45) is 3.57. The number of benzene rings is 1. The number of hydrogen-bond donors (Lipinski definition) is 2. The van der Waals surface area contributed by atoms with E-state index in [2.05, 4.69) is 22.5 Å². The van der Waals surface area contributed by atoms with Crippen LogP contribution in [0, 0.1) is 0 Å². The summed E-state index contributed by atoms with van der Waals surface area (Å²) in [7, 11) is 0. The van der Waals surface area contributed by atoms with Crippen molar-refractivity contribution in [2.75, 3.05) is 23.3 Å². The van der Waals surface area contributed by atoms with Crippen LogP contribution in [-0.2, 0) is 4.79 Å². The summed E-state index contributed by atoms with van der Waals surface area (Å²) in [5.74, 6) is 0.00790. The molecule has 5 heteroatoms. The number of nitrogens with zero attached hydrogens (tertiary/aromatic N) is 1. The average molecular weight is 308 g/mol. The minimum atomic E-state index is -0.280. The second-order valence-corrected chi connectivity index (χ2v) is 6.20. The molecule has 0 radical (unpaired) electrons. The largest absolute Gasteiger partial charge is 0.367 e. The maximum atomic E-state index is 12.1. The number of amides is 1. The summed E-state index contributed by atoms with van der Waals surface area (Å²) in [5.41, 5.74) is 2.91. The van der Waals surface area contributed by atoms with Gasteiger partial charge < -0.3 is 15.5 Å². The Hall–Kier alpha value is -1.26. The highest BCUT2D eigenvalue weighted by molar-refractivity contribution is 6.33. The molecule has 1 amide bonds. The van der Waals surface area contributed by atoms with Gasteiger partial charge in [0.05, 0.1) is 10.7 Å². The Morgan fingerprint density at radius 3 is 2.76 bits per heavy atom. The van der Waals surface area contributed by atoms with Crippen LogP contribution in [-0.4, -0.2) is 25.0 Å². The van der Waals surface area contributed by atoms with Crippen molar-refractivity contribution in [3.8, 4) is 0 Å². The van der Waals surface area contributed by atoms with Gasteiger partial charge in [-0.3, -0.25) is 4.79 Å². The third-order valence-electron chi connectivity index (χ3n) is 4.12. The summed E-state index contributed by atoms with van der Waals surface area (Å²) >= 11 is 6.51. The highest BCUT2D eigenvalue weighted by Crippen LogP contribution is 2.42. The minimum absolute atomic E-state index is 0.00790. The summed E-state index contributed by atoms with van der Waals surface area (Å²) in [5, 5.41) is 6.92. The third-order valence-corrected chi connectivity index (χ3v) is 4.42. The lowest BCUT2D eigenvalue weighted by Gasteiger charge is -2.26. The van der Waals surface area contributed by atoms with Gasteiger partial charge in [-0.05, 0) is 37.9 Å². The number of rotatable bonds is 6. The summed E-state index contributed by atoms with van der Waals surface area (Å²) < 4.78 is 0. The Labute approximate surface area is 130 Å². The van der Waals surface area contributed by atoms with E-state index in [1.54, 1.807) is 0 Å². The molecule has 0 saturated heterocycles. The molecular weight excluding hydrogens is 286 g/mol. The molecule has 1 heterocycles. The van der Waals surface area contributed by atoms with Crippen LogP contribution in [0.1, 0.15) is 44.7 Å². The zero-order valence-corrected chi connectivity index (χ0v) is 13.3. The Balaban J connectivity index is 1.95. The fourth-order valence-electron chi connectivity index (χ4n) is 3.02. The number of hydrogen-bond acceptors (Lipinski definition) is 3. The van der Waals surface area contributed by atoms with Crippen LogP contribution in [0.4, 0.5) is 11.4 Å². The van der Waals surface area contributed by atoms with Crippen molar-refractivity contribution < 1.29 is 4.79 Å². The van der Waals surface area contributed by atoms with Crippen LogP contribution in [0.25, 0.3) is 0 Å². The molecule has 1 atom stereocenters. The third kappa shape index (κ3) is 2.74. The number of nitrogens with one attached hydrogen (secondary N) is 2. The zero-order chi connectivity index (χ0) is 15.0. The molecule has 3 rings (SSSR count). The van der Waals surface area contributed by atoms with Crippen molar-refractivity contribution in [3.63, 3.8) is 0 Å². The van der Waals surface area contributed by atoms with E-state index in [-0.39, 0.29) is 11.9 Å². The average Bonchev–Trinajstić information content (AvgIpc) is 3.24. The molecule has 0 bridgehead atoms. The van der Waals surface area contributed by atoms with Crippen LogP contribution < -0.4 is 15.5 Å². The number of carbonyl (C=O) groups excluding carboxylic acids is 1. The number of fused-ring (bicyclic) bond motifs is 1. The van der Waals surface area contributed by atoms with E-state index < -0.39 is 0 Å². The molecule has 2 N–H and O–H groups in total. The molecule has 0 aromatic heterocycles. The molecule has 1 unspecified atom stereocenters. The monoisotopic (exact) mass is 307 g/mol. The van der Waals surface area contributed by atoms with Gasteiger partial charge in [0.15, 0.2) is 0 Å². The van der Waals surface area contributed by atoms with Crippen molar-refractivity contribution in [1.82, 2.24) is 5.32 Å². The lowest BCUT2D eigenvalue weighted by atomic mass is 10.1. The summed E-state index contributed by atoms with van der Waals surface area (Å²) in [4.78, 5) is 14.4. The van der Waals surface area contributed by atoms with Crippen LogP contribution >= 0.6 is 11.6 Å². The molecule has 21 heavy (non-hydrogen) atoms. The minimum Gasteiger partial charge on any atom is -0.367 e. The summed E-state index contributed by atoms with van der Waals surface area (Å²) in [6, 6.07) is 4.32. The van der Waals surface area contributed by atoms with Crippen LogP contribution in [0.2, 0.25) is 5.02 Å². The van der Waals surface area contributed by atoms with Gasteiger partial charge in [-0.1, -0.05) is 25.4 Å². The zero-order valence-electron chi connectivity index (χ0n) is 12.6. The van der Waals surface area contributed by atoms with Crippen molar-refractivity contribution >= 4 is 28.9 Å². The quantitative estimate of drug-likeness (QED) is 0.847. The molecule has 4 nitrogen and oxygen atoms in total. The van der Waals surface area contributed by atoms with Gasteiger partial charge >= 0.3 is 0 Å². The molecule has 0 spiro atoms. The first kappa shape index (κ1) is 14.7. The molecular formula is C16H22ClN3O. The predicted molar refractivity (Wildman–Crippen MR) is 87.2 cm³/mol. The lowest BCUT2D eigenvalue weighted by molar-refractivity contribution is -0.117. The first-order valence-electron chi connectivity index (χ1n) is 7.80. The smallest absolute Gasteiger partial charge is 0.246 e. The van der Waals surface area contributed by atoms with E-state index in [1.807, 2.05) is 19.1 Å². The van der Waals surface area contributed by atoms with Crippen molar-refractivity contribution in [2.45, 2.75) is 45.2 Å². The second kappa shape index (κ2) is 5.85. The van der Waals surface area contributed by atoms with Crippen molar-refractivity contribution in [3.05, 3.63) is 22.7 Å². The number of halogens is 1. The van der Waals surface area contributed by atoms with E-state index in [0.717, 1.165) is 41.5 Å². The normalized spacial score (nSPS) is 20.3. The highest BCUT2D eigenvalue weighted by Gasteiger charge is 2.34. The van der Waals surface area contributed by atoms with Crippen molar-refractivity contribution in [2.24, 2.45) is 0 Å². The first-order chi connectivity index (χ1) is 10.2. The van der Waals surface area contributed by atoms with Gasteiger partial charge in [-0.15, -0.1) is 0 Å². The Morgan fingerprint density at radius 1 is 1.38 bits per heavy atom. The van der Waals surface area contributed by atoms with E-state index in [0.29, 0.717) is 6.04 Å². The maximum absolute atomic E-state index is 12.1. The topological polar surface area (TPSA) is 44.4 Å². The number of anilines is 2. The summed E-state index contributed by atoms with van der Waals surface area (Å²) in [6.45, 7) is 5.94. The first-order valence-corrected chi connectivity index (χ1v) is 8.17. The Morgan fingerprint density at radius 2 is 2.14 bits per heavy atom. The molecule has 1 aliphatic heterocycles. The molecule has 1 aromatic carbocycles. The van der Waals surface area contributed by atoms with Crippen molar-refractivity contribution in [1.29, 1.82) is 0 Å². The van der Waals surface area contributed by atoms with Gasteiger partial charge in [-0.25, -0.2) is 0 Å². The number of carbonyl (C=O) groups is 1. The van der Waals surface area contributed by atoms with E-state index >= 15 is 0 Å². The molecule has 1 aromatic rings. The fourth-order valence-corrected chi connectivity index (χ4v) is 3.30. The predicted octanol–water partition coefficient (Wildman–Crippen LogP) is 3.32. The van der Waals surface area contributed by atoms with Gasteiger partial charge in [-0.2, -0.15) is 0 Å². The Kier molecular flexibility index (Phi) is 4.09. The maximum Gasteiger partial charge on any atom is 0.246 e. The van der Waals surface area contributed by atoms with E-state index in [1.165, 1.54) is 12.8 Å². The molecule has 2 aliphatic rings. The van der Waals surface area contributed by atoms with Crippen LogP contribution in [0.3, 0.4) is 0 Å².